The smallest absolute Gasteiger partial charge is 0.423 e. The number of carbonyl (C=O) groups excluding carboxylic acids is 5. The van der Waals surface area contributed by atoms with Crippen LogP contribution in [-0.2, 0) is 23.9 Å². The van der Waals surface area contributed by atoms with Gasteiger partial charge < -0.3 is 14.6 Å². The van der Waals surface area contributed by atoms with Crippen LogP contribution in [0.4, 0.5) is 14.9 Å². The van der Waals surface area contributed by atoms with Crippen LogP contribution in [0.5, 0.6) is 11.5 Å². The molecule has 6 atom stereocenters. The van der Waals surface area contributed by atoms with Crippen LogP contribution in [0.3, 0.4) is 0 Å². The molecule has 228 valence electrons. The molecule has 4 aliphatic rings. The van der Waals surface area contributed by atoms with Gasteiger partial charge in [-0.05, 0) is 60.7 Å². The standard InChI is InChI=1S/C31H25Cl2FN2O8/c1-43-23-13-15(4-12-22(23)37)3-11-21-18-9-10-19-24(26(39)36(25(19)38)29(42)44-2)20(18)14-30(32)27(40)35(28(41)31(21,30)33)17-7-5-16(34)6-8-17/h3-9,11-13,19-21,24,37H,10,14H2,1-2H3/t19-,20+,21-,24-,30+,31-/m0/s1. The van der Waals surface area contributed by atoms with Crippen molar-refractivity contribution in [3.63, 3.8) is 0 Å². The number of methoxy groups -OCH3 is 2. The van der Waals surface area contributed by atoms with Gasteiger partial charge in [0.1, 0.15) is 5.82 Å². The Labute approximate surface area is 260 Å². The predicted octanol–water partition coefficient (Wildman–Crippen LogP) is 4.42. The largest absolute Gasteiger partial charge is 0.504 e. The van der Waals surface area contributed by atoms with Crippen molar-refractivity contribution >= 4 is 64.7 Å². The molecule has 2 aromatic carbocycles. The Hall–Kier alpha value is -4.22. The number of nitrogens with zero attached hydrogens (tertiary/aromatic N) is 2. The number of ether oxygens (including phenoxy) is 2. The summed E-state index contributed by atoms with van der Waals surface area (Å²) in [7, 11) is 2.44. The molecule has 2 aromatic rings. The van der Waals surface area contributed by atoms with E-state index in [1.165, 1.54) is 25.3 Å². The lowest BCUT2D eigenvalue weighted by atomic mass is 9.57. The Balaban J connectivity index is 1.50. The number of allylic oxidation sites excluding steroid dienone is 3. The maximum Gasteiger partial charge on any atom is 0.423 e. The molecule has 10 nitrogen and oxygen atoms in total. The Morgan fingerprint density at radius 2 is 1.73 bits per heavy atom. The molecule has 6 rings (SSSR count). The number of amides is 5. The average molecular weight is 643 g/mol. The topological polar surface area (TPSA) is 131 Å². The van der Waals surface area contributed by atoms with Crippen LogP contribution in [0.25, 0.3) is 6.08 Å². The van der Waals surface area contributed by atoms with E-state index in [0.29, 0.717) is 16.0 Å². The number of fused-ring (bicyclic) bond motifs is 4. The SMILES string of the molecule is COC(=O)N1C(=O)[C@H]2[C@H](CC=C3[C@H]2C[C@@]2(Cl)C(=O)N(c4ccc(F)cc4)C(=O)[C@@]2(Cl)[C@H]3C=Cc2ccc(O)c(OC)c2)C1=O. The molecule has 0 aromatic heterocycles. The molecule has 0 spiro atoms. The molecule has 2 aliphatic heterocycles. The van der Waals surface area contributed by atoms with Crippen molar-refractivity contribution < 1.29 is 42.9 Å². The normalized spacial score (nSPS) is 31.2. The van der Waals surface area contributed by atoms with Crippen molar-refractivity contribution in [1.82, 2.24) is 4.90 Å². The van der Waals surface area contributed by atoms with Gasteiger partial charge in [0.2, 0.25) is 11.8 Å². The summed E-state index contributed by atoms with van der Waals surface area (Å²) in [6.07, 6.45) is 3.57. The van der Waals surface area contributed by atoms with Gasteiger partial charge in [0.15, 0.2) is 21.2 Å². The summed E-state index contributed by atoms with van der Waals surface area (Å²) in [5.74, 6) is -7.60. The number of aromatic hydroxyl groups is 1. The molecular formula is C31H25Cl2FN2O8. The first kappa shape index (κ1) is 29.8. The zero-order chi connectivity index (χ0) is 31.7. The molecule has 1 saturated carbocycles. The number of alkyl halides is 2. The maximum atomic E-state index is 14.2. The lowest BCUT2D eigenvalue weighted by Crippen LogP contribution is -2.60. The fourth-order valence-corrected chi connectivity index (χ4v) is 7.81. The van der Waals surface area contributed by atoms with Gasteiger partial charge in [-0.3, -0.25) is 19.2 Å². The van der Waals surface area contributed by atoms with E-state index in [0.717, 1.165) is 24.1 Å². The molecule has 5 amide bonds. The summed E-state index contributed by atoms with van der Waals surface area (Å²) in [6.45, 7) is 0. The van der Waals surface area contributed by atoms with Gasteiger partial charge in [0, 0.05) is 5.92 Å². The third kappa shape index (κ3) is 4.02. The summed E-state index contributed by atoms with van der Waals surface area (Å²) in [5, 5.41) is 10.0. The highest BCUT2D eigenvalue weighted by Crippen LogP contribution is 2.63. The highest BCUT2D eigenvalue weighted by Gasteiger charge is 2.76. The van der Waals surface area contributed by atoms with Crippen molar-refractivity contribution in [2.75, 3.05) is 19.1 Å². The number of halogens is 3. The molecule has 2 heterocycles. The molecule has 2 saturated heterocycles. The molecule has 1 N–H and O–H groups in total. The van der Waals surface area contributed by atoms with Gasteiger partial charge in [0.25, 0.3) is 11.8 Å². The van der Waals surface area contributed by atoms with E-state index in [9.17, 15) is 33.5 Å². The van der Waals surface area contributed by atoms with Crippen LogP contribution in [0.15, 0.2) is 60.2 Å². The molecular weight excluding hydrogens is 618 g/mol. The number of imide groups is 4. The van der Waals surface area contributed by atoms with Crippen LogP contribution in [0, 0.1) is 29.5 Å². The van der Waals surface area contributed by atoms with E-state index in [1.807, 2.05) is 0 Å². The van der Waals surface area contributed by atoms with Crippen molar-refractivity contribution in [1.29, 1.82) is 0 Å². The van der Waals surface area contributed by atoms with Gasteiger partial charge >= 0.3 is 6.09 Å². The molecule has 0 unspecified atom stereocenters. The van der Waals surface area contributed by atoms with Gasteiger partial charge in [-0.1, -0.05) is 29.9 Å². The first-order valence-corrected chi connectivity index (χ1v) is 14.4. The van der Waals surface area contributed by atoms with Crippen LogP contribution >= 0.6 is 23.2 Å². The highest BCUT2D eigenvalue weighted by atomic mass is 35.5. The van der Waals surface area contributed by atoms with E-state index in [4.69, 9.17) is 27.9 Å². The quantitative estimate of drug-likeness (QED) is 0.295. The Morgan fingerprint density at radius 3 is 2.39 bits per heavy atom. The average Bonchev–Trinajstić information content (AvgIpc) is 3.35. The van der Waals surface area contributed by atoms with Gasteiger partial charge in [-0.15, -0.1) is 23.2 Å². The number of rotatable bonds is 4. The third-order valence-electron chi connectivity index (χ3n) is 8.99. The summed E-state index contributed by atoms with van der Waals surface area (Å²) < 4.78 is 23.6. The monoisotopic (exact) mass is 642 g/mol. The number of phenolic OH excluding ortho intramolecular Hbond substituents is 1. The first-order chi connectivity index (χ1) is 20.9. The van der Waals surface area contributed by atoms with E-state index in [-0.39, 0.29) is 30.0 Å². The summed E-state index contributed by atoms with van der Waals surface area (Å²) in [4.78, 5) is 64.5. The van der Waals surface area contributed by atoms with Gasteiger partial charge in [0.05, 0.1) is 31.7 Å². The Kier molecular flexibility index (Phi) is 7.09. The van der Waals surface area contributed by atoms with Crippen molar-refractivity contribution in [2.24, 2.45) is 23.7 Å². The van der Waals surface area contributed by atoms with Crippen molar-refractivity contribution in [2.45, 2.75) is 22.6 Å². The molecule has 0 bridgehead atoms. The number of likely N-dealkylation sites (tertiary alicyclic amines) is 1. The summed E-state index contributed by atoms with van der Waals surface area (Å²) >= 11 is 14.4. The zero-order valence-electron chi connectivity index (χ0n) is 23.3. The molecule has 3 fully saturated rings. The van der Waals surface area contributed by atoms with E-state index in [2.05, 4.69) is 4.74 Å². The Bertz CT molecular complexity index is 1690. The first-order valence-electron chi connectivity index (χ1n) is 13.6. The van der Waals surface area contributed by atoms with Crippen LogP contribution < -0.4 is 9.64 Å². The van der Waals surface area contributed by atoms with E-state index < -0.39 is 69.0 Å². The molecule has 0 radical (unpaired) electrons. The second-order valence-corrected chi connectivity index (χ2v) is 12.3. The number of carbonyl (C=O) groups is 5. The second kappa shape index (κ2) is 10.4. The summed E-state index contributed by atoms with van der Waals surface area (Å²) in [6, 6.07) is 9.25. The molecule has 44 heavy (non-hydrogen) atoms. The van der Waals surface area contributed by atoms with Crippen molar-refractivity contribution in [3.8, 4) is 11.5 Å². The van der Waals surface area contributed by atoms with Crippen LogP contribution in [-0.4, -0.2) is 63.7 Å². The fraction of sp³-hybridized carbons (Fsp3) is 0.323. The van der Waals surface area contributed by atoms with Crippen LogP contribution in [0.1, 0.15) is 18.4 Å². The maximum absolute atomic E-state index is 14.2. The van der Waals surface area contributed by atoms with Gasteiger partial charge in [-0.2, -0.15) is 4.90 Å². The number of phenols is 1. The lowest BCUT2D eigenvalue weighted by molar-refractivity contribution is -0.138. The van der Waals surface area contributed by atoms with E-state index >= 15 is 0 Å². The minimum absolute atomic E-state index is 0.0562. The van der Waals surface area contributed by atoms with Crippen LogP contribution in [0.2, 0.25) is 0 Å². The molecule has 13 heteroatoms. The minimum Gasteiger partial charge on any atom is -0.504 e. The predicted molar refractivity (Wildman–Crippen MR) is 155 cm³/mol. The number of hydrogen-bond donors (Lipinski definition) is 1. The molecule has 2 aliphatic carbocycles. The van der Waals surface area contributed by atoms with Crippen molar-refractivity contribution in [3.05, 3.63) is 71.6 Å². The number of anilines is 1. The Morgan fingerprint density at radius 1 is 1.02 bits per heavy atom. The third-order valence-corrected chi connectivity index (χ3v) is 10.4. The number of hydrogen-bond acceptors (Lipinski definition) is 8. The highest BCUT2D eigenvalue weighted by molar-refractivity contribution is 6.58. The second-order valence-electron chi connectivity index (χ2n) is 11.1. The van der Waals surface area contributed by atoms with E-state index in [1.54, 1.807) is 30.4 Å². The number of benzene rings is 2. The fourth-order valence-electron chi connectivity index (χ4n) is 6.92. The summed E-state index contributed by atoms with van der Waals surface area (Å²) in [5.41, 5.74) is 1.11. The lowest BCUT2D eigenvalue weighted by Gasteiger charge is -2.49. The zero-order valence-corrected chi connectivity index (χ0v) is 24.8. The van der Waals surface area contributed by atoms with Gasteiger partial charge in [-0.25, -0.2) is 14.1 Å². The minimum atomic E-state index is -2.10.